The summed E-state index contributed by atoms with van der Waals surface area (Å²) in [6.45, 7) is 3.59. The van der Waals surface area contributed by atoms with Gasteiger partial charge in [-0.15, -0.1) is 6.58 Å². The summed E-state index contributed by atoms with van der Waals surface area (Å²) in [5, 5.41) is 2.50. The molecule has 0 spiro atoms. The van der Waals surface area contributed by atoms with E-state index >= 15 is 0 Å². The van der Waals surface area contributed by atoms with E-state index in [9.17, 15) is 14.0 Å². The van der Waals surface area contributed by atoms with Crippen LogP contribution in [0.4, 0.5) is 4.39 Å². The molecule has 1 aromatic carbocycles. The molecule has 5 heteroatoms. The molecular formula is C15H18FNO3. The Kier molecular flexibility index (Phi) is 6.43. The summed E-state index contributed by atoms with van der Waals surface area (Å²) in [6.07, 6.45) is 3.55. The van der Waals surface area contributed by atoms with E-state index in [1.54, 1.807) is 12.1 Å². The number of hydrogen-bond acceptors (Lipinski definition) is 3. The summed E-state index contributed by atoms with van der Waals surface area (Å²) in [4.78, 5) is 23.6. The lowest BCUT2D eigenvalue weighted by molar-refractivity contribution is -0.143. The van der Waals surface area contributed by atoms with Crippen LogP contribution >= 0.6 is 0 Å². The smallest absolute Gasteiger partial charge is 0.328 e. The Morgan fingerprint density at radius 3 is 2.75 bits per heavy atom. The van der Waals surface area contributed by atoms with Gasteiger partial charge in [0, 0.05) is 0 Å². The molecule has 0 heterocycles. The Balaban J connectivity index is 2.73. The van der Waals surface area contributed by atoms with Gasteiger partial charge in [-0.05, 0) is 31.4 Å². The van der Waals surface area contributed by atoms with Crippen molar-refractivity contribution < 1.29 is 18.7 Å². The molecule has 4 nitrogen and oxygen atoms in total. The first-order valence-corrected chi connectivity index (χ1v) is 6.34. The van der Waals surface area contributed by atoms with Crippen LogP contribution in [0.1, 0.15) is 29.6 Å². The zero-order valence-electron chi connectivity index (χ0n) is 11.4. The molecule has 20 heavy (non-hydrogen) atoms. The van der Waals surface area contributed by atoms with Crippen LogP contribution < -0.4 is 5.32 Å². The first-order chi connectivity index (χ1) is 9.60. The van der Waals surface area contributed by atoms with Gasteiger partial charge >= 0.3 is 5.97 Å². The second kappa shape index (κ2) is 8.09. The van der Waals surface area contributed by atoms with Crippen LogP contribution in [0.15, 0.2) is 36.9 Å². The van der Waals surface area contributed by atoms with E-state index in [2.05, 4.69) is 16.6 Å². The average Bonchev–Trinajstić information content (AvgIpc) is 2.45. The lowest BCUT2D eigenvalue weighted by atomic mass is 10.1. The zero-order valence-corrected chi connectivity index (χ0v) is 11.4. The molecule has 1 N–H and O–H groups in total. The number of carbonyl (C=O) groups excluding carboxylic acids is 2. The third-order valence-electron chi connectivity index (χ3n) is 2.81. The van der Waals surface area contributed by atoms with Crippen LogP contribution in [0.5, 0.6) is 0 Å². The number of rotatable bonds is 7. The van der Waals surface area contributed by atoms with Crippen LogP contribution in [-0.2, 0) is 9.53 Å². The van der Waals surface area contributed by atoms with Gasteiger partial charge in [0.2, 0.25) is 0 Å². The van der Waals surface area contributed by atoms with Crippen molar-refractivity contribution in [1.29, 1.82) is 0 Å². The van der Waals surface area contributed by atoms with Crippen molar-refractivity contribution in [3.05, 3.63) is 48.3 Å². The van der Waals surface area contributed by atoms with Crippen LogP contribution in [0.25, 0.3) is 0 Å². The normalized spacial score (nSPS) is 11.5. The number of unbranched alkanes of at least 4 members (excludes halogenated alkanes) is 1. The fourth-order valence-corrected chi connectivity index (χ4v) is 1.74. The predicted molar refractivity (Wildman–Crippen MR) is 73.7 cm³/mol. The van der Waals surface area contributed by atoms with E-state index in [4.69, 9.17) is 0 Å². The quantitative estimate of drug-likeness (QED) is 0.474. The number of nitrogens with one attached hydrogen (secondary N) is 1. The van der Waals surface area contributed by atoms with Gasteiger partial charge in [-0.1, -0.05) is 18.2 Å². The molecule has 1 aromatic rings. The molecule has 0 bridgehead atoms. The minimum absolute atomic E-state index is 0.0925. The average molecular weight is 279 g/mol. The van der Waals surface area contributed by atoms with Gasteiger partial charge in [0.05, 0.1) is 12.7 Å². The highest BCUT2D eigenvalue weighted by atomic mass is 19.1. The monoisotopic (exact) mass is 279 g/mol. The van der Waals surface area contributed by atoms with Gasteiger partial charge in [0.15, 0.2) is 0 Å². The van der Waals surface area contributed by atoms with Crippen LogP contribution in [0.2, 0.25) is 0 Å². The van der Waals surface area contributed by atoms with Crippen LogP contribution in [0, 0.1) is 5.82 Å². The third kappa shape index (κ3) is 4.50. The van der Waals surface area contributed by atoms with Gasteiger partial charge in [-0.2, -0.15) is 0 Å². The Labute approximate surface area is 117 Å². The highest BCUT2D eigenvalue weighted by Gasteiger charge is 2.22. The summed E-state index contributed by atoms with van der Waals surface area (Å²) in [5.74, 6) is -1.80. The second-order valence-electron chi connectivity index (χ2n) is 4.25. The molecule has 108 valence electrons. The Morgan fingerprint density at radius 2 is 2.15 bits per heavy atom. The first kappa shape index (κ1) is 15.9. The number of methoxy groups -OCH3 is 1. The molecule has 1 amide bonds. The Bertz CT molecular complexity index is 488. The van der Waals surface area contributed by atoms with E-state index in [0.29, 0.717) is 12.8 Å². The highest BCUT2D eigenvalue weighted by Crippen LogP contribution is 2.09. The maximum Gasteiger partial charge on any atom is 0.328 e. The van der Waals surface area contributed by atoms with E-state index < -0.39 is 23.7 Å². The van der Waals surface area contributed by atoms with Crippen LogP contribution in [0.3, 0.4) is 0 Å². The maximum absolute atomic E-state index is 13.5. The van der Waals surface area contributed by atoms with Crippen molar-refractivity contribution in [3.8, 4) is 0 Å². The fraction of sp³-hybridized carbons (Fsp3) is 0.333. The van der Waals surface area contributed by atoms with Crippen molar-refractivity contribution in [3.63, 3.8) is 0 Å². The zero-order chi connectivity index (χ0) is 15.0. The molecular weight excluding hydrogens is 261 g/mol. The van der Waals surface area contributed by atoms with E-state index in [1.165, 1.54) is 25.3 Å². The summed E-state index contributed by atoms with van der Waals surface area (Å²) < 4.78 is 18.1. The number of hydrogen-bond donors (Lipinski definition) is 1. The maximum atomic E-state index is 13.5. The van der Waals surface area contributed by atoms with Crippen molar-refractivity contribution in [2.24, 2.45) is 0 Å². The minimum Gasteiger partial charge on any atom is -0.467 e. The van der Waals surface area contributed by atoms with Crippen LogP contribution in [-0.4, -0.2) is 25.0 Å². The topological polar surface area (TPSA) is 55.4 Å². The molecule has 0 aliphatic carbocycles. The number of benzene rings is 1. The summed E-state index contributed by atoms with van der Waals surface area (Å²) in [6, 6.07) is 4.83. The van der Waals surface area contributed by atoms with Gasteiger partial charge in [-0.3, -0.25) is 4.79 Å². The lowest BCUT2D eigenvalue weighted by Crippen LogP contribution is -2.41. The minimum atomic E-state index is -0.785. The number of carbonyl (C=O) groups is 2. The van der Waals surface area contributed by atoms with Gasteiger partial charge in [0.25, 0.3) is 5.91 Å². The van der Waals surface area contributed by atoms with Crippen molar-refractivity contribution in [2.45, 2.75) is 25.3 Å². The number of allylic oxidation sites excluding steroid dienone is 1. The van der Waals surface area contributed by atoms with Crippen molar-refractivity contribution >= 4 is 11.9 Å². The molecule has 0 saturated heterocycles. The predicted octanol–water partition coefficient (Wildman–Crippen LogP) is 2.45. The SMILES string of the molecule is C=CCCC[C@H](NC(=O)c1ccccc1F)C(=O)OC. The Morgan fingerprint density at radius 1 is 1.45 bits per heavy atom. The summed E-state index contributed by atoms with van der Waals surface area (Å²) in [7, 11) is 1.25. The standard InChI is InChI=1S/C15H18FNO3/c1-3-4-5-10-13(15(19)20-2)17-14(18)11-8-6-7-9-12(11)16/h3,6-9,13H,1,4-5,10H2,2H3,(H,17,18)/t13-/m0/s1. The summed E-state index contributed by atoms with van der Waals surface area (Å²) in [5.41, 5.74) is -0.0925. The number of esters is 1. The first-order valence-electron chi connectivity index (χ1n) is 6.34. The Hall–Kier alpha value is -2.17. The van der Waals surface area contributed by atoms with Gasteiger partial charge < -0.3 is 10.1 Å². The van der Waals surface area contributed by atoms with Crippen molar-refractivity contribution in [2.75, 3.05) is 7.11 Å². The molecule has 0 saturated carbocycles. The van der Waals surface area contributed by atoms with E-state index in [-0.39, 0.29) is 5.56 Å². The molecule has 1 rings (SSSR count). The van der Waals surface area contributed by atoms with E-state index in [1.807, 2.05) is 0 Å². The molecule has 0 aliphatic rings. The largest absolute Gasteiger partial charge is 0.467 e. The molecule has 1 atom stereocenters. The fourth-order valence-electron chi connectivity index (χ4n) is 1.74. The number of halogens is 1. The van der Waals surface area contributed by atoms with Crippen molar-refractivity contribution in [1.82, 2.24) is 5.32 Å². The molecule has 0 fully saturated rings. The van der Waals surface area contributed by atoms with Gasteiger partial charge in [-0.25, -0.2) is 9.18 Å². The summed E-state index contributed by atoms with van der Waals surface area (Å²) >= 11 is 0. The molecule has 0 aliphatic heterocycles. The second-order valence-corrected chi connectivity index (χ2v) is 4.25. The third-order valence-corrected chi connectivity index (χ3v) is 2.81. The lowest BCUT2D eigenvalue weighted by Gasteiger charge is -2.16. The number of amides is 1. The van der Waals surface area contributed by atoms with E-state index in [0.717, 1.165) is 6.42 Å². The highest BCUT2D eigenvalue weighted by molar-refractivity contribution is 5.96. The molecule has 0 radical (unpaired) electrons. The number of ether oxygens (including phenoxy) is 1. The molecule has 0 unspecified atom stereocenters. The molecule has 0 aromatic heterocycles. The van der Waals surface area contributed by atoms with Gasteiger partial charge in [0.1, 0.15) is 11.9 Å².